The summed E-state index contributed by atoms with van der Waals surface area (Å²) < 4.78 is 0. The summed E-state index contributed by atoms with van der Waals surface area (Å²) in [6.45, 7) is 2.05. The second-order valence-corrected chi connectivity index (χ2v) is 6.64. The zero-order valence-electron chi connectivity index (χ0n) is 12.8. The molecule has 1 aliphatic heterocycles. The highest BCUT2D eigenvalue weighted by Gasteiger charge is 2.51. The average molecular weight is 294 g/mol. The van der Waals surface area contributed by atoms with Crippen LogP contribution in [0.15, 0.2) is 48.7 Å². The van der Waals surface area contributed by atoms with Gasteiger partial charge in [-0.2, -0.15) is 0 Å². The van der Waals surface area contributed by atoms with Crippen LogP contribution in [0.1, 0.15) is 31.2 Å². The van der Waals surface area contributed by atoms with E-state index in [2.05, 4.69) is 34.1 Å². The standard InChI is InChI=1S/C19H22N2O/c22-19(10-11-19)18-5-3-13-21(18)14-15-6-8-16(9-7-15)17-4-1-2-12-20-17/h1-2,4,6-9,12,18,22H,3,5,10-11,13-14H2. The van der Waals surface area contributed by atoms with Crippen LogP contribution in [0.3, 0.4) is 0 Å². The number of nitrogens with zero attached hydrogens (tertiary/aromatic N) is 2. The minimum absolute atomic E-state index is 0.364. The van der Waals surface area contributed by atoms with E-state index in [4.69, 9.17) is 0 Å². The molecule has 2 heterocycles. The van der Waals surface area contributed by atoms with Gasteiger partial charge in [-0.3, -0.25) is 9.88 Å². The third-order valence-corrected chi connectivity index (χ3v) is 5.05. The fourth-order valence-corrected chi connectivity index (χ4v) is 3.63. The molecule has 0 amide bonds. The third kappa shape index (κ3) is 2.67. The molecule has 0 bridgehead atoms. The topological polar surface area (TPSA) is 36.4 Å². The molecule has 1 atom stereocenters. The van der Waals surface area contributed by atoms with Gasteiger partial charge < -0.3 is 5.11 Å². The number of aromatic nitrogens is 1. The zero-order valence-corrected chi connectivity index (χ0v) is 12.8. The Morgan fingerprint density at radius 1 is 1.14 bits per heavy atom. The molecule has 3 nitrogen and oxygen atoms in total. The van der Waals surface area contributed by atoms with E-state index in [-0.39, 0.29) is 5.60 Å². The van der Waals surface area contributed by atoms with E-state index in [1.165, 1.54) is 12.0 Å². The Morgan fingerprint density at radius 3 is 2.64 bits per heavy atom. The smallest absolute Gasteiger partial charge is 0.0804 e. The van der Waals surface area contributed by atoms with E-state index in [0.29, 0.717) is 6.04 Å². The predicted molar refractivity (Wildman–Crippen MR) is 87.3 cm³/mol. The SMILES string of the molecule is OC1(C2CCCN2Cc2ccc(-c3ccccn3)cc2)CC1. The van der Waals surface area contributed by atoms with Gasteiger partial charge in [0.15, 0.2) is 0 Å². The zero-order chi connectivity index (χ0) is 15.0. The summed E-state index contributed by atoms with van der Waals surface area (Å²) in [7, 11) is 0. The lowest BCUT2D eigenvalue weighted by Gasteiger charge is -2.28. The van der Waals surface area contributed by atoms with Crippen molar-refractivity contribution in [2.75, 3.05) is 6.54 Å². The Bertz CT molecular complexity index is 634. The van der Waals surface area contributed by atoms with Gasteiger partial charge >= 0.3 is 0 Å². The van der Waals surface area contributed by atoms with E-state index >= 15 is 0 Å². The lowest BCUT2D eigenvalue weighted by molar-refractivity contribution is 0.0481. The van der Waals surface area contributed by atoms with Gasteiger partial charge in [0.1, 0.15) is 0 Å². The van der Waals surface area contributed by atoms with Crippen LogP contribution in [0, 0.1) is 0 Å². The van der Waals surface area contributed by atoms with Crippen LogP contribution in [0.25, 0.3) is 11.3 Å². The summed E-state index contributed by atoms with van der Waals surface area (Å²) in [6, 6.07) is 15.0. The van der Waals surface area contributed by atoms with Gasteiger partial charge in [-0.15, -0.1) is 0 Å². The first-order valence-electron chi connectivity index (χ1n) is 8.21. The maximum atomic E-state index is 10.4. The minimum Gasteiger partial charge on any atom is -0.388 e. The van der Waals surface area contributed by atoms with Crippen LogP contribution in [-0.2, 0) is 6.54 Å². The van der Waals surface area contributed by atoms with Crippen molar-refractivity contribution in [3.63, 3.8) is 0 Å². The van der Waals surface area contributed by atoms with Crippen molar-refractivity contribution < 1.29 is 5.11 Å². The van der Waals surface area contributed by atoms with Crippen LogP contribution in [0.2, 0.25) is 0 Å². The number of hydrogen-bond acceptors (Lipinski definition) is 3. The Labute approximate surface area is 131 Å². The van der Waals surface area contributed by atoms with Crippen molar-refractivity contribution in [2.24, 2.45) is 0 Å². The monoisotopic (exact) mass is 294 g/mol. The molecule has 1 aromatic carbocycles. The maximum Gasteiger partial charge on any atom is 0.0804 e. The molecule has 114 valence electrons. The van der Waals surface area contributed by atoms with Crippen LogP contribution < -0.4 is 0 Å². The van der Waals surface area contributed by atoms with Gasteiger partial charge in [0, 0.05) is 24.3 Å². The van der Waals surface area contributed by atoms with E-state index < -0.39 is 0 Å². The molecule has 1 aliphatic carbocycles. The summed E-state index contributed by atoms with van der Waals surface area (Å²) in [5, 5.41) is 10.4. The van der Waals surface area contributed by atoms with Crippen molar-refractivity contribution >= 4 is 0 Å². The number of likely N-dealkylation sites (tertiary alicyclic amines) is 1. The number of aliphatic hydroxyl groups is 1. The van der Waals surface area contributed by atoms with E-state index in [0.717, 1.165) is 43.6 Å². The molecule has 1 saturated heterocycles. The van der Waals surface area contributed by atoms with Crippen molar-refractivity contribution in [3.8, 4) is 11.3 Å². The van der Waals surface area contributed by atoms with Gasteiger partial charge in [-0.05, 0) is 49.9 Å². The van der Waals surface area contributed by atoms with Crippen molar-refractivity contribution in [1.29, 1.82) is 0 Å². The highest BCUT2D eigenvalue weighted by molar-refractivity contribution is 5.58. The minimum atomic E-state index is -0.385. The van der Waals surface area contributed by atoms with Gasteiger partial charge in [-0.1, -0.05) is 30.3 Å². The molecule has 0 radical (unpaired) electrons. The summed E-state index contributed by atoms with van der Waals surface area (Å²) in [6.07, 6.45) is 6.13. The molecule has 2 fully saturated rings. The Hall–Kier alpha value is -1.71. The maximum absolute atomic E-state index is 10.4. The fraction of sp³-hybridized carbons (Fsp3) is 0.421. The second-order valence-electron chi connectivity index (χ2n) is 6.64. The molecule has 4 rings (SSSR count). The fourth-order valence-electron chi connectivity index (χ4n) is 3.63. The predicted octanol–water partition coefficient (Wildman–Crippen LogP) is 3.24. The molecular formula is C19H22N2O. The van der Waals surface area contributed by atoms with Gasteiger partial charge in [0.25, 0.3) is 0 Å². The van der Waals surface area contributed by atoms with E-state index in [1.54, 1.807) is 0 Å². The Balaban J connectivity index is 1.47. The number of benzene rings is 1. The van der Waals surface area contributed by atoms with Gasteiger partial charge in [0.2, 0.25) is 0 Å². The lowest BCUT2D eigenvalue weighted by Crippen LogP contribution is -2.40. The number of hydrogen-bond donors (Lipinski definition) is 1. The summed E-state index contributed by atoms with van der Waals surface area (Å²) in [5.74, 6) is 0. The molecule has 3 heteroatoms. The van der Waals surface area contributed by atoms with E-state index in [9.17, 15) is 5.11 Å². The molecule has 1 unspecified atom stereocenters. The molecule has 22 heavy (non-hydrogen) atoms. The third-order valence-electron chi connectivity index (χ3n) is 5.05. The summed E-state index contributed by atoms with van der Waals surface area (Å²) in [4.78, 5) is 6.85. The largest absolute Gasteiger partial charge is 0.388 e. The van der Waals surface area contributed by atoms with Crippen LogP contribution in [0.5, 0.6) is 0 Å². The normalized spacial score (nSPS) is 23.6. The molecule has 0 spiro atoms. The van der Waals surface area contributed by atoms with Crippen LogP contribution >= 0.6 is 0 Å². The van der Waals surface area contributed by atoms with Gasteiger partial charge in [0.05, 0.1) is 11.3 Å². The Morgan fingerprint density at radius 2 is 1.95 bits per heavy atom. The van der Waals surface area contributed by atoms with E-state index in [1.807, 2.05) is 24.4 Å². The van der Waals surface area contributed by atoms with Crippen molar-refractivity contribution in [3.05, 3.63) is 54.2 Å². The highest BCUT2D eigenvalue weighted by atomic mass is 16.3. The average Bonchev–Trinajstić information content (AvgIpc) is 3.13. The first-order chi connectivity index (χ1) is 10.7. The van der Waals surface area contributed by atoms with Crippen LogP contribution in [0.4, 0.5) is 0 Å². The molecule has 1 aromatic heterocycles. The summed E-state index contributed by atoms with van der Waals surface area (Å²) in [5.41, 5.74) is 3.10. The lowest BCUT2D eigenvalue weighted by atomic mass is 10.1. The Kier molecular flexibility index (Phi) is 3.47. The molecule has 1 saturated carbocycles. The van der Waals surface area contributed by atoms with Crippen LogP contribution in [-0.4, -0.2) is 33.2 Å². The quantitative estimate of drug-likeness (QED) is 0.940. The summed E-state index contributed by atoms with van der Waals surface area (Å²) >= 11 is 0. The van der Waals surface area contributed by atoms with Crippen molar-refractivity contribution in [2.45, 2.75) is 43.9 Å². The molecule has 2 aromatic rings. The molecule has 2 aliphatic rings. The highest BCUT2D eigenvalue weighted by Crippen LogP contribution is 2.44. The first-order valence-corrected chi connectivity index (χ1v) is 8.21. The van der Waals surface area contributed by atoms with Gasteiger partial charge in [-0.25, -0.2) is 0 Å². The number of rotatable bonds is 4. The molecular weight excluding hydrogens is 272 g/mol. The first kappa shape index (κ1) is 13.9. The second kappa shape index (κ2) is 5.49. The van der Waals surface area contributed by atoms with Crippen molar-refractivity contribution in [1.82, 2.24) is 9.88 Å². The molecule has 1 N–H and O–H groups in total. The number of pyridine rings is 1.